The molecule has 4 nitrogen and oxygen atoms in total. The molecule has 0 radical (unpaired) electrons. The summed E-state index contributed by atoms with van der Waals surface area (Å²) in [5.41, 5.74) is 7.71. The van der Waals surface area contributed by atoms with Gasteiger partial charge in [-0.2, -0.15) is 0 Å². The maximum Gasteiger partial charge on any atom is 0.191 e. The van der Waals surface area contributed by atoms with Crippen molar-refractivity contribution in [3.8, 4) is 10.8 Å². The van der Waals surface area contributed by atoms with Crippen LogP contribution in [0.15, 0.2) is 9.85 Å². The minimum absolute atomic E-state index is 0.100. The molecule has 0 bridgehead atoms. The van der Waals surface area contributed by atoms with Gasteiger partial charge in [0.15, 0.2) is 10.8 Å². The number of rotatable bonds is 1. The normalized spacial score (nSPS) is 11.8. The highest BCUT2D eigenvalue weighted by Gasteiger charge is 2.23. The topological polar surface area (TPSA) is 64.7 Å². The average Bonchev–Trinajstić information content (AvgIpc) is 2.67. The first kappa shape index (κ1) is 13.4. The third kappa shape index (κ3) is 2.54. The third-order valence-electron chi connectivity index (χ3n) is 2.40. The Morgan fingerprint density at radius 1 is 1.22 bits per heavy atom. The summed E-state index contributed by atoms with van der Waals surface area (Å²) < 4.78 is 0.770. The molecular weight excluding hydrogens is 312 g/mol. The lowest BCUT2D eigenvalue weighted by Gasteiger charge is -2.20. The van der Waals surface area contributed by atoms with Gasteiger partial charge in [0.05, 0.1) is 10.2 Å². The van der Waals surface area contributed by atoms with E-state index in [0.717, 1.165) is 20.9 Å². The number of hydrogen-bond acceptors (Lipinski definition) is 5. The van der Waals surface area contributed by atoms with Crippen LogP contribution in [0.2, 0.25) is 0 Å². The van der Waals surface area contributed by atoms with Crippen LogP contribution >= 0.6 is 27.3 Å². The second-order valence-electron chi connectivity index (χ2n) is 5.14. The number of thiazole rings is 1. The summed E-state index contributed by atoms with van der Waals surface area (Å²) in [6.45, 7) is 8.23. The molecule has 0 aromatic carbocycles. The monoisotopic (exact) mass is 326 g/mol. The van der Waals surface area contributed by atoms with E-state index in [1.54, 1.807) is 0 Å². The van der Waals surface area contributed by atoms with E-state index in [9.17, 15) is 0 Å². The van der Waals surface area contributed by atoms with E-state index in [-0.39, 0.29) is 5.41 Å². The molecule has 0 unspecified atom stereocenters. The molecule has 0 spiro atoms. The largest absolute Gasteiger partial charge is 0.383 e. The van der Waals surface area contributed by atoms with Gasteiger partial charge in [-0.05, 0) is 22.9 Å². The van der Waals surface area contributed by atoms with Crippen LogP contribution in [0.25, 0.3) is 10.8 Å². The molecule has 0 saturated carbocycles. The van der Waals surface area contributed by atoms with E-state index in [1.165, 1.54) is 11.3 Å². The zero-order chi connectivity index (χ0) is 13.5. The van der Waals surface area contributed by atoms with Gasteiger partial charge in [0.1, 0.15) is 5.82 Å². The van der Waals surface area contributed by atoms with Gasteiger partial charge >= 0.3 is 0 Å². The van der Waals surface area contributed by atoms with Gasteiger partial charge in [0.25, 0.3) is 0 Å². The second-order valence-corrected chi connectivity index (χ2v) is 6.79. The molecule has 2 N–H and O–H groups in total. The van der Waals surface area contributed by atoms with Crippen molar-refractivity contribution in [3.63, 3.8) is 0 Å². The van der Waals surface area contributed by atoms with E-state index in [0.29, 0.717) is 11.6 Å². The fourth-order valence-electron chi connectivity index (χ4n) is 1.51. The summed E-state index contributed by atoms with van der Waals surface area (Å²) in [4.78, 5) is 13.3. The molecule has 0 aliphatic heterocycles. The Bertz CT molecular complexity index is 586. The van der Waals surface area contributed by atoms with Crippen molar-refractivity contribution in [3.05, 3.63) is 21.2 Å². The van der Waals surface area contributed by atoms with E-state index in [2.05, 4.69) is 51.7 Å². The predicted octanol–water partition coefficient (Wildman–Crippen LogP) is 3.55. The maximum absolute atomic E-state index is 5.94. The Kier molecular flexibility index (Phi) is 3.42. The lowest BCUT2D eigenvalue weighted by atomic mass is 9.92. The van der Waals surface area contributed by atoms with Crippen molar-refractivity contribution < 1.29 is 0 Å². The molecule has 0 fully saturated rings. The molecular formula is C12H15BrN4S. The standard InChI is InChI=1S/C12H15BrN4S/c1-6-5-18-11(15-6)10-16-8(12(2,3)4)7(13)9(14)17-10/h5H,1-4H3,(H2,14,16,17). The number of nitrogen functional groups attached to an aromatic ring is 1. The molecule has 2 heterocycles. The highest BCUT2D eigenvalue weighted by molar-refractivity contribution is 9.10. The Labute approximate surface area is 119 Å². The van der Waals surface area contributed by atoms with E-state index >= 15 is 0 Å². The van der Waals surface area contributed by atoms with Gasteiger partial charge in [0, 0.05) is 16.5 Å². The summed E-state index contributed by atoms with van der Waals surface area (Å²) in [5, 5.41) is 2.78. The molecule has 2 aromatic rings. The predicted molar refractivity (Wildman–Crippen MR) is 78.7 cm³/mol. The number of aryl methyl sites for hydroxylation is 1. The fraction of sp³-hybridized carbons (Fsp3) is 0.417. The number of aromatic nitrogens is 3. The first-order valence-electron chi connectivity index (χ1n) is 5.55. The summed E-state index contributed by atoms with van der Waals surface area (Å²) in [7, 11) is 0. The average molecular weight is 327 g/mol. The highest BCUT2D eigenvalue weighted by Crippen LogP contribution is 2.33. The van der Waals surface area contributed by atoms with Crippen molar-refractivity contribution in [1.82, 2.24) is 15.0 Å². The molecule has 18 heavy (non-hydrogen) atoms. The van der Waals surface area contributed by atoms with Gasteiger partial charge in [0.2, 0.25) is 0 Å². The number of nitrogens with zero attached hydrogens (tertiary/aromatic N) is 3. The fourth-order valence-corrected chi connectivity index (χ4v) is 3.01. The van der Waals surface area contributed by atoms with E-state index in [1.807, 2.05) is 12.3 Å². The van der Waals surface area contributed by atoms with Gasteiger partial charge in [-0.3, -0.25) is 0 Å². The second kappa shape index (κ2) is 4.59. The first-order valence-corrected chi connectivity index (χ1v) is 7.22. The lowest BCUT2D eigenvalue weighted by Crippen LogP contribution is -2.17. The zero-order valence-corrected chi connectivity index (χ0v) is 13.2. The molecule has 0 saturated heterocycles. The number of anilines is 1. The molecule has 6 heteroatoms. The number of nitrogens with two attached hydrogens (primary N) is 1. The first-order chi connectivity index (χ1) is 8.29. The molecule has 96 valence electrons. The lowest BCUT2D eigenvalue weighted by molar-refractivity contribution is 0.564. The quantitative estimate of drug-likeness (QED) is 0.870. The van der Waals surface area contributed by atoms with Crippen LogP contribution in [0.5, 0.6) is 0 Å². The Morgan fingerprint density at radius 2 is 1.89 bits per heavy atom. The van der Waals surface area contributed by atoms with Gasteiger partial charge in [-0.1, -0.05) is 20.8 Å². The van der Waals surface area contributed by atoms with Crippen LogP contribution in [0.4, 0.5) is 5.82 Å². The number of halogens is 1. The van der Waals surface area contributed by atoms with Crippen LogP contribution in [0.3, 0.4) is 0 Å². The van der Waals surface area contributed by atoms with Crippen molar-refractivity contribution >= 4 is 33.1 Å². The van der Waals surface area contributed by atoms with Crippen LogP contribution < -0.4 is 5.73 Å². The summed E-state index contributed by atoms with van der Waals surface area (Å²) in [6.07, 6.45) is 0. The smallest absolute Gasteiger partial charge is 0.191 e. The van der Waals surface area contributed by atoms with Crippen molar-refractivity contribution in [2.75, 3.05) is 5.73 Å². The van der Waals surface area contributed by atoms with Crippen LogP contribution in [0.1, 0.15) is 32.2 Å². The van der Waals surface area contributed by atoms with Gasteiger partial charge in [-0.15, -0.1) is 11.3 Å². The molecule has 0 atom stereocenters. The summed E-state index contributed by atoms with van der Waals surface area (Å²) >= 11 is 4.99. The third-order valence-corrected chi connectivity index (χ3v) is 4.14. The molecule has 0 aliphatic carbocycles. The van der Waals surface area contributed by atoms with Crippen molar-refractivity contribution in [2.24, 2.45) is 0 Å². The Hall–Kier alpha value is -1.01. The van der Waals surface area contributed by atoms with E-state index in [4.69, 9.17) is 5.73 Å². The SMILES string of the molecule is Cc1csc(-c2nc(N)c(Br)c(C(C)(C)C)n2)n1. The molecule has 0 amide bonds. The minimum Gasteiger partial charge on any atom is -0.383 e. The van der Waals surface area contributed by atoms with Crippen LogP contribution in [-0.2, 0) is 5.41 Å². The zero-order valence-electron chi connectivity index (χ0n) is 10.8. The molecule has 0 aliphatic rings. The molecule has 2 aromatic heterocycles. The van der Waals surface area contributed by atoms with Crippen molar-refractivity contribution in [1.29, 1.82) is 0 Å². The highest BCUT2D eigenvalue weighted by atomic mass is 79.9. The summed E-state index contributed by atoms with van der Waals surface area (Å²) in [5.74, 6) is 1.05. The Balaban J connectivity index is 2.61. The Morgan fingerprint density at radius 3 is 2.39 bits per heavy atom. The van der Waals surface area contributed by atoms with E-state index < -0.39 is 0 Å². The minimum atomic E-state index is -0.100. The van der Waals surface area contributed by atoms with Gasteiger partial charge < -0.3 is 5.73 Å². The van der Waals surface area contributed by atoms with Gasteiger partial charge in [-0.25, -0.2) is 15.0 Å². The molecule has 2 rings (SSSR count). The van der Waals surface area contributed by atoms with Crippen LogP contribution in [0, 0.1) is 6.92 Å². The number of hydrogen-bond donors (Lipinski definition) is 1. The summed E-state index contributed by atoms with van der Waals surface area (Å²) in [6, 6.07) is 0. The van der Waals surface area contributed by atoms with Crippen molar-refractivity contribution in [2.45, 2.75) is 33.1 Å². The maximum atomic E-state index is 5.94. The van der Waals surface area contributed by atoms with Crippen LogP contribution in [-0.4, -0.2) is 15.0 Å².